The molecule has 13 heavy (non-hydrogen) atoms. The van der Waals surface area contributed by atoms with Gasteiger partial charge in [-0.2, -0.15) is 8.78 Å². The Balaban J connectivity index is 2.99. The predicted molar refractivity (Wildman–Crippen MR) is 49.3 cm³/mol. The molecule has 0 atom stereocenters. The third-order valence-corrected chi connectivity index (χ3v) is 2.00. The van der Waals surface area contributed by atoms with Crippen LogP contribution in [-0.2, 0) is 5.92 Å². The van der Waals surface area contributed by atoms with Crippen LogP contribution in [0.5, 0.6) is 0 Å². The van der Waals surface area contributed by atoms with Gasteiger partial charge in [0.15, 0.2) is 0 Å². The Morgan fingerprint density at radius 1 is 1.38 bits per heavy atom. The highest BCUT2D eigenvalue weighted by Crippen LogP contribution is 2.32. The Kier molecular flexibility index (Phi) is 3.22. The average molecular weight is 206 g/mol. The van der Waals surface area contributed by atoms with Gasteiger partial charge in [0.05, 0.1) is 6.54 Å². The molecule has 0 amide bonds. The van der Waals surface area contributed by atoms with Crippen LogP contribution in [0.3, 0.4) is 0 Å². The molecule has 4 heteroatoms. The molecule has 0 saturated carbocycles. The fourth-order valence-electron chi connectivity index (χ4n) is 1.08. The van der Waals surface area contributed by atoms with Crippen LogP contribution < -0.4 is 5.32 Å². The van der Waals surface area contributed by atoms with Crippen molar-refractivity contribution in [2.45, 2.75) is 5.92 Å². The summed E-state index contributed by atoms with van der Waals surface area (Å²) in [5.41, 5.74) is -0.133. The summed E-state index contributed by atoms with van der Waals surface area (Å²) in [6, 6.07) is 5.96. The Labute approximate surface area is 80.7 Å². The molecule has 0 aliphatic carbocycles. The lowest BCUT2D eigenvalue weighted by Crippen LogP contribution is -2.28. The Bertz CT molecular complexity index is 289. The molecule has 0 heterocycles. The first kappa shape index (κ1) is 10.4. The van der Waals surface area contributed by atoms with Crippen LogP contribution in [0.15, 0.2) is 24.3 Å². The summed E-state index contributed by atoms with van der Waals surface area (Å²) < 4.78 is 26.5. The van der Waals surface area contributed by atoms with E-state index in [1.807, 2.05) is 0 Å². The van der Waals surface area contributed by atoms with Crippen LogP contribution in [0.1, 0.15) is 5.56 Å². The maximum absolute atomic E-state index is 13.3. The smallest absolute Gasteiger partial charge is 0.286 e. The molecule has 0 aliphatic heterocycles. The van der Waals surface area contributed by atoms with Gasteiger partial charge < -0.3 is 5.32 Å². The van der Waals surface area contributed by atoms with Gasteiger partial charge in [0.25, 0.3) is 5.92 Å². The molecule has 0 spiro atoms. The highest BCUT2D eigenvalue weighted by molar-refractivity contribution is 6.31. The quantitative estimate of drug-likeness (QED) is 0.800. The summed E-state index contributed by atoms with van der Waals surface area (Å²) in [5, 5.41) is 2.52. The second-order valence-electron chi connectivity index (χ2n) is 2.71. The summed E-state index contributed by atoms with van der Waals surface area (Å²) in [7, 11) is 1.48. The SMILES string of the molecule is CNCC(F)(F)c1ccccc1Cl. The number of hydrogen-bond donors (Lipinski definition) is 1. The molecule has 1 rings (SSSR count). The Hall–Kier alpha value is -0.670. The van der Waals surface area contributed by atoms with E-state index in [0.717, 1.165) is 0 Å². The van der Waals surface area contributed by atoms with Gasteiger partial charge in [0, 0.05) is 10.6 Å². The summed E-state index contributed by atoms with van der Waals surface area (Å²) >= 11 is 5.64. The first-order chi connectivity index (χ1) is 6.08. The van der Waals surface area contributed by atoms with E-state index in [9.17, 15) is 8.78 Å². The molecule has 72 valence electrons. The molecule has 1 N–H and O–H groups in total. The molecule has 1 aromatic carbocycles. The Morgan fingerprint density at radius 3 is 2.54 bits per heavy atom. The van der Waals surface area contributed by atoms with Gasteiger partial charge in [-0.15, -0.1) is 0 Å². The van der Waals surface area contributed by atoms with Crippen molar-refractivity contribution < 1.29 is 8.78 Å². The molecule has 1 nitrogen and oxygen atoms in total. The van der Waals surface area contributed by atoms with Crippen LogP contribution in [0.25, 0.3) is 0 Å². The van der Waals surface area contributed by atoms with Gasteiger partial charge in [-0.25, -0.2) is 0 Å². The van der Waals surface area contributed by atoms with E-state index < -0.39 is 12.5 Å². The molecule has 0 unspecified atom stereocenters. The number of nitrogens with one attached hydrogen (secondary N) is 1. The second-order valence-corrected chi connectivity index (χ2v) is 3.12. The zero-order chi connectivity index (χ0) is 9.90. The van der Waals surface area contributed by atoms with Gasteiger partial charge in [-0.05, 0) is 13.1 Å². The molecule has 0 radical (unpaired) electrons. The lowest BCUT2D eigenvalue weighted by Gasteiger charge is -2.17. The van der Waals surface area contributed by atoms with Crippen LogP contribution in [0.4, 0.5) is 8.78 Å². The van der Waals surface area contributed by atoms with E-state index in [2.05, 4.69) is 5.32 Å². The van der Waals surface area contributed by atoms with Gasteiger partial charge in [0.2, 0.25) is 0 Å². The largest absolute Gasteiger partial charge is 0.314 e. The summed E-state index contributed by atoms with van der Waals surface area (Å²) in [6.07, 6.45) is 0. The van der Waals surface area contributed by atoms with Gasteiger partial charge in [0.1, 0.15) is 0 Å². The summed E-state index contributed by atoms with van der Waals surface area (Å²) in [6.45, 7) is -0.406. The minimum absolute atomic E-state index is 0.0998. The molecular formula is C9H10ClF2N. The van der Waals surface area contributed by atoms with Crippen LogP contribution >= 0.6 is 11.6 Å². The zero-order valence-corrected chi connectivity index (χ0v) is 7.91. The van der Waals surface area contributed by atoms with Crippen molar-refractivity contribution in [3.05, 3.63) is 34.9 Å². The van der Waals surface area contributed by atoms with E-state index in [4.69, 9.17) is 11.6 Å². The van der Waals surface area contributed by atoms with Crippen LogP contribution in [0, 0.1) is 0 Å². The molecule has 0 aromatic heterocycles. The first-order valence-electron chi connectivity index (χ1n) is 3.85. The van der Waals surface area contributed by atoms with Crippen molar-refractivity contribution in [1.29, 1.82) is 0 Å². The summed E-state index contributed by atoms with van der Waals surface area (Å²) in [5.74, 6) is -2.91. The lowest BCUT2D eigenvalue weighted by atomic mass is 10.1. The fraction of sp³-hybridized carbons (Fsp3) is 0.333. The first-order valence-corrected chi connectivity index (χ1v) is 4.23. The lowest BCUT2D eigenvalue weighted by molar-refractivity contribution is -0.00113. The molecule has 1 aromatic rings. The molecule has 0 bridgehead atoms. The highest BCUT2D eigenvalue weighted by Gasteiger charge is 2.32. The monoisotopic (exact) mass is 205 g/mol. The van der Waals surface area contributed by atoms with E-state index in [1.54, 1.807) is 12.1 Å². The third kappa shape index (κ3) is 2.39. The van der Waals surface area contributed by atoms with Gasteiger partial charge >= 0.3 is 0 Å². The normalized spacial score (nSPS) is 11.7. The molecule has 0 fully saturated rings. The van der Waals surface area contributed by atoms with Crippen LogP contribution in [-0.4, -0.2) is 13.6 Å². The molecule has 0 aliphatic rings. The number of benzene rings is 1. The number of likely N-dealkylation sites (N-methyl/N-ethyl adjacent to an activating group) is 1. The molecular weight excluding hydrogens is 196 g/mol. The second kappa shape index (κ2) is 4.03. The maximum atomic E-state index is 13.3. The minimum Gasteiger partial charge on any atom is -0.314 e. The number of hydrogen-bond acceptors (Lipinski definition) is 1. The minimum atomic E-state index is -2.91. The summed E-state index contributed by atoms with van der Waals surface area (Å²) in [4.78, 5) is 0. The van der Waals surface area contributed by atoms with Gasteiger partial charge in [-0.1, -0.05) is 29.8 Å². The number of halogens is 3. The number of alkyl halides is 2. The van der Waals surface area contributed by atoms with Crippen molar-refractivity contribution in [2.24, 2.45) is 0 Å². The van der Waals surface area contributed by atoms with Crippen molar-refractivity contribution in [1.82, 2.24) is 5.32 Å². The van der Waals surface area contributed by atoms with E-state index in [0.29, 0.717) is 0 Å². The molecule has 0 saturated heterocycles. The standard InChI is InChI=1S/C9H10ClF2N/c1-13-6-9(11,12)7-4-2-3-5-8(7)10/h2-5,13H,6H2,1H3. The van der Waals surface area contributed by atoms with E-state index in [-0.39, 0.29) is 10.6 Å². The zero-order valence-electron chi connectivity index (χ0n) is 7.15. The van der Waals surface area contributed by atoms with Crippen molar-refractivity contribution in [3.63, 3.8) is 0 Å². The maximum Gasteiger partial charge on any atom is 0.286 e. The van der Waals surface area contributed by atoms with Crippen molar-refractivity contribution in [3.8, 4) is 0 Å². The van der Waals surface area contributed by atoms with E-state index in [1.165, 1.54) is 19.2 Å². The third-order valence-electron chi connectivity index (χ3n) is 1.67. The van der Waals surface area contributed by atoms with Crippen molar-refractivity contribution in [2.75, 3.05) is 13.6 Å². The fourth-order valence-corrected chi connectivity index (χ4v) is 1.35. The predicted octanol–water partition coefficient (Wildman–Crippen LogP) is 2.65. The average Bonchev–Trinajstić information content (AvgIpc) is 2.04. The van der Waals surface area contributed by atoms with Crippen molar-refractivity contribution >= 4 is 11.6 Å². The Morgan fingerprint density at radius 2 is 2.00 bits per heavy atom. The van der Waals surface area contributed by atoms with Crippen LogP contribution in [0.2, 0.25) is 5.02 Å². The number of rotatable bonds is 3. The van der Waals surface area contributed by atoms with Gasteiger partial charge in [-0.3, -0.25) is 0 Å². The van der Waals surface area contributed by atoms with E-state index >= 15 is 0 Å². The highest BCUT2D eigenvalue weighted by atomic mass is 35.5. The topological polar surface area (TPSA) is 12.0 Å².